The molecule has 2 unspecified atom stereocenters. The van der Waals surface area contributed by atoms with Crippen molar-refractivity contribution in [2.75, 3.05) is 39.8 Å². The molecule has 0 aliphatic carbocycles. The van der Waals surface area contributed by atoms with Crippen molar-refractivity contribution in [1.29, 1.82) is 0 Å². The van der Waals surface area contributed by atoms with E-state index >= 15 is 0 Å². The number of carbonyl (C=O) groups is 2. The molecule has 1 heterocycles. The maximum absolute atomic E-state index is 14.0. The monoisotopic (exact) mass is 512 g/mol. The number of fused-ring (bicyclic) bond motifs is 1. The Morgan fingerprint density at radius 3 is 2.39 bits per heavy atom. The van der Waals surface area contributed by atoms with Crippen LogP contribution >= 0.6 is 11.6 Å². The first kappa shape index (κ1) is 25.5. The molecule has 1 N–H and O–H groups in total. The Labute approximate surface area is 213 Å². The Balaban J connectivity index is 1.83. The lowest BCUT2D eigenvalue weighted by molar-refractivity contribution is -0.119. The van der Waals surface area contributed by atoms with Gasteiger partial charge >= 0.3 is 0 Å². The molecule has 0 fully saturated rings. The van der Waals surface area contributed by atoms with Crippen LogP contribution in [-0.2, 0) is 9.53 Å². The second-order valence-corrected chi connectivity index (χ2v) is 8.64. The number of rotatable bonds is 8. The fourth-order valence-corrected chi connectivity index (χ4v) is 4.75. The van der Waals surface area contributed by atoms with Crippen LogP contribution in [0.2, 0.25) is 5.02 Å². The Kier molecular flexibility index (Phi) is 7.76. The number of amides is 2. The van der Waals surface area contributed by atoms with Gasteiger partial charge in [-0.3, -0.25) is 9.59 Å². The van der Waals surface area contributed by atoms with Crippen molar-refractivity contribution in [3.63, 3.8) is 0 Å². The summed E-state index contributed by atoms with van der Waals surface area (Å²) in [6.07, 6.45) is 0. The van der Waals surface area contributed by atoms with Gasteiger partial charge in [-0.2, -0.15) is 0 Å². The van der Waals surface area contributed by atoms with Crippen molar-refractivity contribution in [3.05, 3.63) is 88.2 Å². The van der Waals surface area contributed by atoms with E-state index in [-0.39, 0.29) is 25.0 Å². The Morgan fingerprint density at radius 2 is 1.72 bits per heavy atom. The second-order valence-electron chi connectivity index (χ2n) is 8.23. The second kappa shape index (κ2) is 11.0. The number of ether oxygens (including phenoxy) is 3. The lowest BCUT2D eigenvalue weighted by atomic mass is 9.79. The van der Waals surface area contributed by atoms with Gasteiger partial charge in [0.25, 0.3) is 5.91 Å². The molecular formula is C27H26ClFN2O5. The van der Waals surface area contributed by atoms with E-state index in [1.807, 2.05) is 0 Å². The summed E-state index contributed by atoms with van der Waals surface area (Å²) in [5.74, 6) is -1.08. The molecule has 9 heteroatoms. The van der Waals surface area contributed by atoms with E-state index in [1.54, 1.807) is 60.5 Å². The normalized spacial score (nSPS) is 16.9. The van der Waals surface area contributed by atoms with E-state index in [1.165, 1.54) is 26.4 Å². The number of nitrogens with one attached hydrogen (secondary N) is 1. The number of nitrogens with zero attached hydrogens (tertiary/aromatic N) is 1. The van der Waals surface area contributed by atoms with E-state index in [4.69, 9.17) is 25.8 Å². The maximum Gasteiger partial charge on any atom is 0.254 e. The minimum atomic E-state index is -0.813. The van der Waals surface area contributed by atoms with Gasteiger partial charge in [0.05, 0.1) is 43.5 Å². The zero-order valence-corrected chi connectivity index (χ0v) is 20.8. The maximum atomic E-state index is 14.0. The molecule has 3 aromatic rings. The van der Waals surface area contributed by atoms with Crippen molar-refractivity contribution >= 4 is 29.1 Å². The number of methoxy groups -OCH3 is 3. The topological polar surface area (TPSA) is 77.1 Å². The van der Waals surface area contributed by atoms with E-state index < -0.39 is 17.8 Å². The highest BCUT2D eigenvalue weighted by Crippen LogP contribution is 2.44. The summed E-state index contributed by atoms with van der Waals surface area (Å²) in [4.78, 5) is 29.1. The first-order chi connectivity index (χ1) is 17.4. The Bertz CT molecular complexity index is 1270. The standard InChI is InChI=1S/C27H26ClFN2O5/c1-34-13-12-31-25(16-8-10-17(29)11-9-16)24(18-6-4-5-7-19(18)27(31)33)26(32)30-21-14-20(28)22(35-2)15-23(21)36-3/h4-11,14-15,24-25H,12-13H2,1-3H3,(H,30,32). The number of benzene rings is 3. The number of carbonyl (C=O) groups excluding carboxylic acids is 2. The molecular weight excluding hydrogens is 487 g/mol. The molecule has 188 valence electrons. The van der Waals surface area contributed by atoms with Crippen molar-refractivity contribution in [2.24, 2.45) is 0 Å². The third kappa shape index (κ3) is 4.87. The Hall–Kier alpha value is -3.62. The summed E-state index contributed by atoms with van der Waals surface area (Å²) in [5, 5.41) is 3.22. The molecule has 0 aromatic heterocycles. The molecule has 0 saturated heterocycles. The highest BCUT2D eigenvalue weighted by Gasteiger charge is 2.44. The molecule has 1 aliphatic rings. The highest BCUT2D eigenvalue weighted by molar-refractivity contribution is 6.32. The molecule has 0 saturated carbocycles. The molecule has 0 spiro atoms. The van der Waals surface area contributed by atoms with Crippen LogP contribution in [0.5, 0.6) is 11.5 Å². The largest absolute Gasteiger partial charge is 0.495 e. The van der Waals surface area contributed by atoms with Crippen molar-refractivity contribution in [3.8, 4) is 11.5 Å². The van der Waals surface area contributed by atoms with Crippen molar-refractivity contribution in [2.45, 2.75) is 12.0 Å². The first-order valence-electron chi connectivity index (χ1n) is 11.3. The quantitative estimate of drug-likeness (QED) is 0.456. The van der Waals surface area contributed by atoms with Gasteiger partial charge in [0, 0.05) is 25.3 Å². The van der Waals surface area contributed by atoms with Gasteiger partial charge in [0.2, 0.25) is 5.91 Å². The van der Waals surface area contributed by atoms with Crippen LogP contribution in [0.15, 0.2) is 60.7 Å². The summed E-state index contributed by atoms with van der Waals surface area (Å²) in [7, 11) is 4.50. The van der Waals surface area contributed by atoms with Crippen LogP contribution in [0.25, 0.3) is 0 Å². The average molecular weight is 513 g/mol. The third-order valence-electron chi connectivity index (χ3n) is 6.20. The third-order valence-corrected chi connectivity index (χ3v) is 6.50. The van der Waals surface area contributed by atoms with Gasteiger partial charge in [-0.25, -0.2) is 4.39 Å². The van der Waals surface area contributed by atoms with Gasteiger partial charge in [-0.05, 0) is 35.4 Å². The molecule has 0 bridgehead atoms. The summed E-state index contributed by atoms with van der Waals surface area (Å²) < 4.78 is 29.7. The predicted octanol–water partition coefficient (Wildman–Crippen LogP) is 5.06. The average Bonchev–Trinajstić information content (AvgIpc) is 2.88. The molecule has 2 atom stereocenters. The molecule has 7 nitrogen and oxygen atoms in total. The van der Waals surface area contributed by atoms with Gasteiger partial charge < -0.3 is 24.4 Å². The highest BCUT2D eigenvalue weighted by atomic mass is 35.5. The van der Waals surface area contributed by atoms with Gasteiger partial charge in [-0.1, -0.05) is 41.9 Å². The van der Waals surface area contributed by atoms with Crippen molar-refractivity contribution < 1.29 is 28.2 Å². The molecule has 2 amide bonds. The summed E-state index contributed by atoms with van der Waals surface area (Å²) in [6, 6.07) is 15.2. The van der Waals surface area contributed by atoms with E-state index in [9.17, 15) is 14.0 Å². The minimum Gasteiger partial charge on any atom is -0.495 e. The fraction of sp³-hybridized carbons (Fsp3) is 0.259. The van der Waals surface area contributed by atoms with Gasteiger partial charge in [0.15, 0.2) is 0 Å². The zero-order valence-electron chi connectivity index (χ0n) is 20.1. The van der Waals surface area contributed by atoms with Crippen LogP contribution in [0.4, 0.5) is 10.1 Å². The first-order valence-corrected chi connectivity index (χ1v) is 11.6. The number of hydrogen-bond donors (Lipinski definition) is 1. The predicted molar refractivity (Wildman–Crippen MR) is 134 cm³/mol. The van der Waals surface area contributed by atoms with Crippen LogP contribution in [0.1, 0.15) is 33.4 Å². The summed E-state index contributed by atoms with van der Waals surface area (Å²) in [5.41, 5.74) is 1.97. The summed E-state index contributed by atoms with van der Waals surface area (Å²) >= 11 is 6.31. The molecule has 3 aromatic carbocycles. The van der Waals surface area contributed by atoms with Gasteiger partial charge in [-0.15, -0.1) is 0 Å². The van der Waals surface area contributed by atoms with Crippen LogP contribution in [-0.4, -0.2) is 51.2 Å². The number of halogens is 2. The lowest BCUT2D eigenvalue weighted by Crippen LogP contribution is -2.47. The summed E-state index contributed by atoms with van der Waals surface area (Å²) in [6.45, 7) is 0.509. The van der Waals surface area contributed by atoms with E-state index in [0.29, 0.717) is 38.9 Å². The molecule has 4 rings (SSSR count). The lowest BCUT2D eigenvalue weighted by Gasteiger charge is -2.41. The van der Waals surface area contributed by atoms with Crippen molar-refractivity contribution in [1.82, 2.24) is 4.90 Å². The minimum absolute atomic E-state index is 0.230. The zero-order chi connectivity index (χ0) is 25.8. The molecule has 36 heavy (non-hydrogen) atoms. The number of hydrogen-bond acceptors (Lipinski definition) is 5. The SMILES string of the molecule is COCCN1C(=O)c2ccccc2C(C(=O)Nc2cc(Cl)c(OC)cc2OC)C1c1ccc(F)cc1. The molecule has 0 radical (unpaired) electrons. The van der Waals surface area contributed by atoms with Crippen LogP contribution in [0, 0.1) is 5.82 Å². The Morgan fingerprint density at radius 1 is 1.03 bits per heavy atom. The molecule has 1 aliphatic heterocycles. The van der Waals surface area contributed by atoms with E-state index in [2.05, 4.69) is 5.32 Å². The van der Waals surface area contributed by atoms with E-state index in [0.717, 1.165) is 0 Å². The van der Waals surface area contributed by atoms with Gasteiger partial charge in [0.1, 0.15) is 17.3 Å². The fourth-order valence-electron chi connectivity index (χ4n) is 4.51. The van der Waals surface area contributed by atoms with Crippen LogP contribution in [0.3, 0.4) is 0 Å². The smallest absolute Gasteiger partial charge is 0.254 e. The number of anilines is 1. The van der Waals surface area contributed by atoms with Crippen LogP contribution < -0.4 is 14.8 Å².